The highest BCUT2D eigenvalue weighted by molar-refractivity contribution is 6.46. The first-order chi connectivity index (χ1) is 10.1. The normalized spacial score (nSPS) is 16.0. The van der Waals surface area contributed by atoms with E-state index in [1.54, 1.807) is 54.6 Å². The Bertz CT molecular complexity index is 747. The van der Waals surface area contributed by atoms with Gasteiger partial charge in [0.25, 0.3) is 0 Å². The van der Waals surface area contributed by atoms with Crippen LogP contribution < -0.4 is 0 Å². The molecule has 0 radical (unpaired) electrons. The predicted molar refractivity (Wildman–Crippen MR) is 84.1 cm³/mol. The lowest BCUT2D eigenvalue weighted by molar-refractivity contribution is -0.128. The summed E-state index contributed by atoms with van der Waals surface area (Å²) in [6.45, 7) is 0. The largest absolute Gasteiger partial charge is 0.421 e. The first-order valence-electron chi connectivity index (χ1n) is 6.16. The Balaban J connectivity index is 1.91. The van der Waals surface area contributed by atoms with Gasteiger partial charge in [0.15, 0.2) is 5.71 Å². The summed E-state index contributed by atoms with van der Waals surface area (Å²) in [5.41, 5.74) is 1.66. The van der Waals surface area contributed by atoms with Gasteiger partial charge >= 0.3 is 5.97 Å². The molecule has 0 fully saturated rings. The number of aliphatic imine (C=N–C) groups is 1. The molecule has 5 heteroatoms. The minimum Gasteiger partial charge on any atom is -0.421 e. The summed E-state index contributed by atoms with van der Waals surface area (Å²) in [7, 11) is 0. The molecule has 0 saturated heterocycles. The molecule has 2 aromatic carbocycles. The van der Waals surface area contributed by atoms with Crippen LogP contribution in [0.3, 0.4) is 0 Å². The van der Waals surface area contributed by atoms with Crippen LogP contribution in [0, 0.1) is 0 Å². The zero-order valence-electron chi connectivity index (χ0n) is 10.7. The van der Waals surface area contributed by atoms with Gasteiger partial charge in [-0.1, -0.05) is 23.2 Å². The van der Waals surface area contributed by atoms with Crippen LogP contribution in [0.2, 0.25) is 10.0 Å². The molecule has 0 aromatic heterocycles. The number of hydrogen-bond acceptors (Lipinski definition) is 3. The summed E-state index contributed by atoms with van der Waals surface area (Å²) in [5, 5.41) is 1.24. The maximum Gasteiger partial charge on any atom is 0.362 e. The Morgan fingerprint density at radius 2 is 1.43 bits per heavy atom. The van der Waals surface area contributed by atoms with E-state index in [0.717, 1.165) is 5.56 Å². The Kier molecular flexibility index (Phi) is 3.78. The zero-order valence-corrected chi connectivity index (χ0v) is 12.2. The number of nitrogens with zero attached hydrogens (tertiary/aromatic N) is 1. The van der Waals surface area contributed by atoms with Crippen molar-refractivity contribution in [2.24, 2.45) is 4.99 Å². The Labute approximate surface area is 131 Å². The summed E-state index contributed by atoms with van der Waals surface area (Å²) >= 11 is 11.6. The molecule has 3 nitrogen and oxygen atoms in total. The summed E-state index contributed by atoms with van der Waals surface area (Å²) in [5.74, 6) is -0.0146. The lowest BCUT2D eigenvalue weighted by Gasteiger charge is -2.00. The van der Waals surface area contributed by atoms with Crippen LogP contribution in [0.25, 0.3) is 5.76 Å². The summed E-state index contributed by atoms with van der Waals surface area (Å²) in [4.78, 5) is 16.1. The average molecular weight is 318 g/mol. The van der Waals surface area contributed by atoms with Crippen molar-refractivity contribution >= 4 is 46.3 Å². The van der Waals surface area contributed by atoms with E-state index in [4.69, 9.17) is 27.9 Å². The second-order valence-corrected chi connectivity index (χ2v) is 5.25. The number of cyclic esters (lactones) is 1. The molecule has 0 saturated carbocycles. The van der Waals surface area contributed by atoms with E-state index >= 15 is 0 Å². The van der Waals surface area contributed by atoms with Crippen LogP contribution in [-0.2, 0) is 9.53 Å². The maximum atomic E-state index is 11.8. The number of esters is 1. The van der Waals surface area contributed by atoms with E-state index in [-0.39, 0.29) is 5.71 Å². The van der Waals surface area contributed by atoms with E-state index in [1.165, 1.54) is 0 Å². The van der Waals surface area contributed by atoms with E-state index in [1.807, 2.05) is 0 Å². The molecule has 104 valence electrons. The second kappa shape index (κ2) is 5.72. The number of carbonyl (C=O) groups excluding carboxylic acids is 1. The van der Waals surface area contributed by atoms with Gasteiger partial charge in [-0.25, -0.2) is 9.79 Å². The zero-order chi connectivity index (χ0) is 14.8. The fraction of sp³-hybridized carbons (Fsp3) is 0. The fourth-order valence-electron chi connectivity index (χ4n) is 1.85. The fourth-order valence-corrected chi connectivity index (χ4v) is 2.11. The van der Waals surface area contributed by atoms with Gasteiger partial charge in [0.1, 0.15) is 5.76 Å². The van der Waals surface area contributed by atoms with Crippen LogP contribution in [0.15, 0.2) is 59.6 Å². The first kappa shape index (κ1) is 13.9. The van der Waals surface area contributed by atoms with E-state index < -0.39 is 5.97 Å². The number of hydrogen-bond donors (Lipinski definition) is 0. The van der Waals surface area contributed by atoms with Crippen molar-refractivity contribution in [3.63, 3.8) is 0 Å². The molecule has 0 unspecified atom stereocenters. The summed E-state index contributed by atoms with van der Waals surface area (Å²) < 4.78 is 5.22. The lowest BCUT2D eigenvalue weighted by Crippen LogP contribution is -2.06. The topological polar surface area (TPSA) is 38.7 Å². The van der Waals surface area contributed by atoms with Crippen molar-refractivity contribution in [3.05, 3.63) is 70.2 Å². The smallest absolute Gasteiger partial charge is 0.362 e. The summed E-state index contributed by atoms with van der Waals surface area (Å²) in [6, 6.07) is 13.9. The number of ether oxygens (including phenoxy) is 1. The molecule has 3 rings (SSSR count). The highest BCUT2D eigenvalue weighted by atomic mass is 35.5. The second-order valence-electron chi connectivity index (χ2n) is 4.38. The highest BCUT2D eigenvalue weighted by Crippen LogP contribution is 2.25. The minimum absolute atomic E-state index is 0.252. The number of carbonyl (C=O) groups is 1. The van der Waals surface area contributed by atoms with Crippen molar-refractivity contribution in [3.8, 4) is 0 Å². The van der Waals surface area contributed by atoms with Crippen molar-refractivity contribution in [1.82, 2.24) is 0 Å². The quantitative estimate of drug-likeness (QED) is 0.755. The molecule has 0 spiro atoms. The van der Waals surface area contributed by atoms with E-state index in [9.17, 15) is 4.79 Å². The van der Waals surface area contributed by atoms with Crippen LogP contribution in [-0.4, -0.2) is 11.7 Å². The van der Waals surface area contributed by atoms with Crippen LogP contribution >= 0.6 is 23.2 Å². The first-order valence-corrected chi connectivity index (χ1v) is 6.91. The maximum absolute atomic E-state index is 11.8. The monoisotopic (exact) mass is 317 g/mol. The summed E-state index contributed by atoms with van der Waals surface area (Å²) in [6.07, 6.45) is 1.61. The Morgan fingerprint density at radius 1 is 0.857 bits per heavy atom. The molecule has 0 bridgehead atoms. The van der Waals surface area contributed by atoms with E-state index in [0.29, 0.717) is 21.5 Å². The van der Waals surface area contributed by atoms with Crippen LogP contribution in [0.5, 0.6) is 0 Å². The van der Waals surface area contributed by atoms with Crippen molar-refractivity contribution in [2.45, 2.75) is 0 Å². The molecule has 2 aromatic rings. The predicted octanol–water partition coefficient (Wildman–Crippen LogP) is 4.66. The number of halogens is 2. The Morgan fingerprint density at radius 3 is 2.05 bits per heavy atom. The van der Waals surface area contributed by atoms with Gasteiger partial charge in [-0.3, -0.25) is 0 Å². The third kappa shape index (κ3) is 3.15. The van der Waals surface area contributed by atoms with Gasteiger partial charge in [-0.2, -0.15) is 0 Å². The molecule has 1 aliphatic rings. The SMILES string of the molecule is O=C1OC(c2ccc(Cl)cc2)=CC1=Nc1ccc(Cl)cc1. The standard InChI is InChI=1S/C16H9Cl2NO2/c17-11-3-1-10(2-4-11)15-9-14(16(20)21-15)19-13-7-5-12(18)6-8-13/h1-9H. The van der Waals surface area contributed by atoms with Crippen molar-refractivity contribution in [1.29, 1.82) is 0 Å². The van der Waals surface area contributed by atoms with Gasteiger partial charge in [0.05, 0.1) is 5.69 Å². The molecule has 0 atom stereocenters. The molecule has 1 aliphatic heterocycles. The third-order valence-electron chi connectivity index (χ3n) is 2.88. The number of benzene rings is 2. The van der Waals surface area contributed by atoms with Gasteiger partial charge in [0.2, 0.25) is 0 Å². The third-order valence-corrected chi connectivity index (χ3v) is 3.39. The molecule has 1 heterocycles. The minimum atomic E-state index is -0.477. The van der Waals surface area contributed by atoms with E-state index in [2.05, 4.69) is 4.99 Å². The van der Waals surface area contributed by atoms with Gasteiger partial charge in [-0.15, -0.1) is 0 Å². The van der Waals surface area contributed by atoms with Gasteiger partial charge in [-0.05, 0) is 48.5 Å². The molecule has 0 aliphatic carbocycles. The lowest BCUT2D eigenvalue weighted by atomic mass is 10.2. The van der Waals surface area contributed by atoms with Gasteiger partial charge < -0.3 is 4.74 Å². The number of rotatable bonds is 2. The van der Waals surface area contributed by atoms with Gasteiger partial charge in [0, 0.05) is 21.7 Å². The van der Waals surface area contributed by atoms with Crippen LogP contribution in [0.1, 0.15) is 5.56 Å². The molecule has 0 amide bonds. The van der Waals surface area contributed by atoms with Crippen molar-refractivity contribution < 1.29 is 9.53 Å². The van der Waals surface area contributed by atoms with Crippen molar-refractivity contribution in [2.75, 3.05) is 0 Å². The average Bonchev–Trinajstić information content (AvgIpc) is 2.83. The molecular formula is C16H9Cl2NO2. The van der Waals surface area contributed by atoms with Crippen LogP contribution in [0.4, 0.5) is 5.69 Å². The molecular weight excluding hydrogens is 309 g/mol. The molecule has 21 heavy (non-hydrogen) atoms. The highest BCUT2D eigenvalue weighted by Gasteiger charge is 2.23. The molecule has 0 N–H and O–H groups in total. The Hall–Kier alpha value is -2.10.